The van der Waals surface area contributed by atoms with E-state index in [0.29, 0.717) is 24.7 Å². The molecule has 0 aromatic heterocycles. The summed E-state index contributed by atoms with van der Waals surface area (Å²) >= 11 is 0. The zero-order valence-electron chi connectivity index (χ0n) is 16.5. The summed E-state index contributed by atoms with van der Waals surface area (Å²) in [5.41, 5.74) is 0.443. The minimum absolute atomic E-state index is 0.0786. The Morgan fingerprint density at radius 2 is 1.70 bits per heavy atom. The number of rotatable bonds is 7. The molecule has 0 bridgehead atoms. The van der Waals surface area contributed by atoms with Crippen LogP contribution in [-0.2, 0) is 24.3 Å². The van der Waals surface area contributed by atoms with Gasteiger partial charge in [0.2, 0.25) is 0 Å². The van der Waals surface area contributed by atoms with Crippen molar-refractivity contribution in [1.29, 1.82) is 0 Å². The number of sulfonamides is 1. The van der Waals surface area contributed by atoms with Crippen molar-refractivity contribution in [2.24, 2.45) is 0 Å². The molecule has 0 saturated heterocycles. The molecule has 1 aliphatic rings. The quantitative estimate of drug-likeness (QED) is 0.608. The van der Waals surface area contributed by atoms with Crippen LogP contribution < -0.4 is 13.8 Å². The fraction of sp³-hybridized carbons (Fsp3) is 0.300. The number of hydrogen-bond donors (Lipinski definition) is 0. The Morgan fingerprint density at radius 1 is 1.03 bits per heavy atom. The lowest BCUT2D eigenvalue weighted by Crippen LogP contribution is -2.36. The Morgan fingerprint density at radius 3 is 2.33 bits per heavy atom. The summed E-state index contributed by atoms with van der Waals surface area (Å²) in [4.78, 5) is 23.7. The van der Waals surface area contributed by atoms with E-state index in [4.69, 9.17) is 14.2 Å². The van der Waals surface area contributed by atoms with Crippen LogP contribution in [0.1, 0.15) is 17.3 Å². The Labute approximate surface area is 174 Å². The number of nitrogens with zero attached hydrogens (tertiary/aromatic N) is 1. The van der Waals surface area contributed by atoms with Gasteiger partial charge in [0.1, 0.15) is 19.8 Å². The molecule has 3 rings (SSSR count). The molecule has 0 amide bonds. The van der Waals surface area contributed by atoms with Crippen LogP contribution in [0.3, 0.4) is 0 Å². The second-order valence-electron chi connectivity index (χ2n) is 6.16. The number of carbonyl (C=O) groups excluding carboxylic acids is 2. The summed E-state index contributed by atoms with van der Waals surface area (Å²) in [6, 6.07) is 9.92. The lowest BCUT2D eigenvalue weighted by atomic mass is 10.2. The molecule has 1 heterocycles. The predicted molar refractivity (Wildman–Crippen MR) is 106 cm³/mol. The van der Waals surface area contributed by atoms with E-state index in [0.717, 1.165) is 4.31 Å². The third kappa shape index (κ3) is 4.48. The third-order valence-corrected chi connectivity index (χ3v) is 6.04. The van der Waals surface area contributed by atoms with E-state index in [1.165, 1.54) is 49.6 Å². The first-order valence-corrected chi connectivity index (χ1v) is 10.6. The fourth-order valence-corrected chi connectivity index (χ4v) is 4.21. The molecule has 160 valence electrons. The lowest BCUT2D eigenvalue weighted by Gasteiger charge is -2.25. The molecule has 10 heteroatoms. The first-order valence-electron chi connectivity index (χ1n) is 9.13. The third-order valence-electron chi connectivity index (χ3n) is 4.27. The van der Waals surface area contributed by atoms with Crippen LogP contribution in [0.5, 0.6) is 11.5 Å². The predicted octanol–water partition coefficient (Wildman–Crippen LogP) is 2.00. The van der Waals surface area contributed by atoms with Gasteiger partial charge in [-0.25, -0.2) is 13.2 Å². The van der Waals surface area contributed by atoms with Gasteiger partial charge < -0.3 is 18.9 Å². The molecule has 0 saturated carbocycles. The molecule has 0 aliphatic carbocycles. The minimum atomic E-state index is -4.16. The van der Waals surface area contributed by atoms with Gasteiger partial charge in [0.05, 0.1) is 29.9 Å². The maximum atomic E-state index is 13.3. The molecule has 0 N–H and O–H groups in total. The number of carbonyl (C=O) groups is 2. The van der Waals surface area contributed by atoms with E-state index in [1.807, 2.05) is 0 Å². The van der Waals surface area contributed by atoms with Crippen LogP contribution in [-0.4, -0.2) is 53.8 Å². The Balaban J connectivity index is 1.98. The summed E-state index contributed by atoms with van der Waals surface area (Å²) in [5.74, 6) is -0.527. The summed E-state index contributed by atoms with van der Waals surface area (Å²) in [7, 11) is -2.99. The molecule has 0 spiro atoms. The van der Waals surface area contributed by atoms with Crippen molar-refractivity contribution in [3.8, 4) is 11.5 Å². The van der Waals surface area contributed by atoms with Crippen LogP contribution in [0.4, 0.5) is 5.69 Å². The number of hydrogen-bond acceptors (Lipinski definition) is 8. The van der Waals surface area contributed by atoms with Crippen LogP contribution in [0.2, 0.25) is 0 Å². The van der Waals surface area contributed by atoms with Gasteiger partial charge >= 0.3 is 11.9 Å². The molecule has 0 fully saturated rings. The molecule has 2 aromatic carbocycles. The van der Waals surface area contributed by atoms with Crippen molar-refractivity contribution in [2.45, 2.75) is 11.8 Å². The number of ether oxygens (including phenoxy) is 4. The van der Waals surface area contributed by atoms with Gasteiger partial charge in [0.15, 0.2) is 11.5 Å². The molecule has 9 nitrogen and oxygen atoms in total. The normalized spacial score (nSPS) is 12.7. The van der Waals surface area contributed by atoms with Crippen LogP contribution in [0.15, 0.2) is 47.4 Å². The van der Waals surface area contributed by atoms with Crippen molar-refractivity contribution < 1.29 is 37.0 Å². The van der Waals surface area contributed by atoms with E-state index in [1.54, 1.807) is 6.92 Å². The molecule has 2 aromatic rings. The second-order valence-corrected chi connectivity index (χ2v) is 8.02. The van der Waals surface area contributed by atoms with Gasteiger partial charge in [-0.2, -0.15) is 0 Å². The van der Waals surface area contributed by atoms with E-state index < -0.39 is 28.5 Å². The fourth-order valence-electron chi connectivity index (χ4n) is 2.79. The summed E-state index contributed by atoms with van der Waals surface area (Å²) in [6.07, 6.45) is 0. The number of fused-ring (bicyclic) bond motifs is 1. The Bertz CT molecular complexity index is 1030. The van der Waals surface area contributed by atoms with Gasteiger partial charge in [-0.05, 0) is 43.3 Å². The standard InChI is InChI=1S/C20H21NO8S/c1-3-27-20(23)14-4-6-15(7-5-14)21(13-19(22)26-2)30(24,25)16-8-9-17-18(12-16)29-11-10-28-17/h4-9,12H,3,10-11,13H2,1-2H3. The van der Waals surface area contributed by atoms with E-state index in [-0.39, 0.29) is 22.8 Å². The first kappa shape index (κ1) is 21.4. The highest BCUT2D eigenvalue weighted by atomic mass is 32.2. The summed E-state index contributed by atoms with van der Waals surface area (Å²) < 4.78 is 48.0. The van der Waals surface area contributed by atoms with Crippen molar-refractivity contribution in [3.63, 3.8) is 0 Å². The maximum Gasteiger partial charge on any atom is 0.338 e. The average Bonchev–Trinajstić information content (AvgIpc) is 2.77. The molecule has 0 atom stereocenters. The molecule has 30 heavy (non-hydrogen) atoms. The maximum absolute atomic E-state index is 13.3. The highest BCUT2D eigenvalue weighted by molar-refractivity contribution is 7.92. The minimum Gasteiger partial charge on any atom is -0.486 e. The summed E-state index contributed by atoms with van der Waals surface area (Å²) in [6.45, 7) is 2.03. The topological polar surface area (TPSA) is 108 Å². The summed E-state index contributed by atoms with van der Waals surface area (Å²) in [5, 5.41) is 0. The van der Waals surface area contributed by atoms with Crippen molar-refractivity contribution in [3.05, 3.63) is 48.0 Å². The SMILES string of the molecule is CCOC(=O)c1ccc(N(CC(=O)OC)S(=O)(=O)c2ccc3c(c2)OCCO3)cc1. The molecular formula is C20H21NO8S. The molecule has 1 aliphatic heterocycles. The van der Waals surface area contributed by atoms with E-state index in [2.05, 4.69) is 4.74 Å². The van der Waals surface area contributed by atoms with Crippen molar-refractivity contribution >= 4 is 27.6 Å². The van der Waals surface area contributed by atoms with Gasteiger partial charge in [0, 0.05) is 6.07 Å². The van der Waals surface area contributed by atoms with Gasteiger partial charge in [-0.3, -0.25) is 9.10 Å². The molecule has 0 unspecified atom stereocenters. The number of methoxy groups -OCH3 is 1. The zero-order valence-corrected chi connectivity index (χ0v) is 17.3. The molecule has 0 radical (unpaired) electrons. The molecular weight excluding hydrogens is 414 g/mol. The van der Waals surface area contributed by atoms with Crippen LogP contribution >= 0.6 is 0 Å². The van der Waals surface area contributed by atoms with Crippen LogP contribution in [0, 0.1) is 0 Å². The highest BCUT2D eigenvalue weighted by Crippen LogP contribution is 2.34. The Hall–Kier alpha value is -3.27. The van der Waals surface area contributed by atoms with Gasteiger partial charge in [-0.15, -0.1) is 0 Å². The number of benzene rings is 2. The highest BCUT2D eigenvalue weighted by Gasteiger charge is 2.29. The first-order chi connectivity index (χ1) is 14.4. The lowest BCUT2D eigenvalue weighted by molar-refractivity contribution is -0.138. The smallest absolute Gasteiger partial charge is 0.338 e. The zero-order chi connectivity index (χ0) is 21.7. The van der Waals surface area contributed by atoms with Gasteiger partial charge in [0.25, 0.3) is 10.0 Å². The number of anilines is 1. The monoisotopic (exact) mass is 435 g/mol. The van der Waals surface area contributed by atoms with Crippen molar-refractivity contribution in [1.82, 2.24) is 0 Å². The second kappa shape index (κ2) is 9.04. The van der Waals surface area contributed by atoms with E-state index >= 15 is 0 Å². The largest absolute Gasteiger partial charge is 0.486 e. The Kier molecular flexibility index (Phi) is 6.46. The van der Waals surface area contributed by atoms with Crippen molar-refractivity contribution in [2.75, 3.05) is 37.8 Å². The van der Waals surface area contributed by atoms with Crippen LogP contribution in [0.25, 0.3) is 0 Å². The van der Waals surface area contributed by atoms with Gasteiger partial charge in [-0.1, -0.05) is 0 Å². The van der Waals surface area contributed by atoms with E-state index in [9.17, 15) is 18.0 Å². The average molecular weight is 435 g/mol. The number of esters is 2.